The molecular weight excluding hydrogens is 1740 g/mol. The number of aliphatic hydroxyl groups excluding tert-OH is 10. The van der Waals surface area contributed by atoms with Crippen molar-refractivity contribution in [3.8, 4) is 0 Å². The van der Waals surface area contributed by atoms with Gasteiger partial charge in [0.25, 0.3) is 0 Å². The molecule has 26 nitrogen and oxygen atoms in total. The van der Waals surface area contributed by atoms with E-state index in [1.807, 2.05) is 41.5 Å². The summed E-state index contributed by atoms with van der Waals surface area (Å²) in [7, 11) is 0. The average Bonchev–Trinajstić information content (AvgIpc) is 0.797. The summed E-state index contributed by atoms with van der Waals surface area (Å²) in [5, 5.41) is 129. The number of hydrogen-bond acceptors (Lipinski definition) is 24. The fraction of sp³-hybridized carbons (Fsp3) is 0.745. The Balaban J connectivity index is 0.000000210. The molecule has 12 N–H and O–H groups in total. The summed E-state index contributed by atoms with van der Waals surface area (Å²) in [4.78, 5) is 92.6. The Kier molecular flexibility index (Phi) is 45.8. The first-order valence-corrected chi connectivity index (χ1v) is 51.7. The molecule has 2 saturated heterocycles. The smallest absolute Gasteiger partial charge is 0.308 e. The van der Waals surface area contributed by atoms with E-state index in [1.165, 1.54) is 27.9 Å². The lowest BCUT2D eigenvalue weighted by Gasteiger charge is -2.43. The van der Waals surface area contributed by atoms with Crippen molar-refractivity contribution >= 4 is 47.8 Å². The van der Waals surface area contributed by atoms with E-state index >= 15 is 0 Å². The lowest BCUT2D eigenvalue weighted by atomic mass is 9.65. The van der Waals surface area contributed by atoms with Gasteiger partial charge in [0.05, 0.1) is 104 Å². The molecule has 26 heteroatoms. The maximum Gasteiger partial charge on any atom is 0.308 e. The Bertz CT molecular complexity index is 4070. The number of rotatable bonds is 36. The maximum atomic E-state index is 12.5. The van der Waals surface area contributed by atoms with Crippen molar-refractivity contribution in [2.45, 2.75) is 382 Å². The van der Waals surface area contributed by atoms with Crippen LogP contribution in [0.2, 0.25) is 0 Å². The third-order valence-corrected chi connectivity index (χ3v) is 31.3. The molecule has 136 heavy (non-hydrogen) atoms. The molecule has 0 radical (unpaired) electrons. The topological polar surface area (TPSA) is 449 Å². The van der Waals surface area contributed by atoms with Gasteiger partial charge >= 0.3 is 41.8 Å². The standard InChI is InChI=1S/2C24H38O6.C24H36O5.C19H30O5.C19H28O4/c2*1-5-15(3)24(29)30-21-11-14(2)10-17-7-6-16(4)20(23(17)21)9-8-18(25)12-19(26)13-22(27)28;1-5-15(3)24(27)29-21-11-14(2)10-17-7-6-16(4)20(23(17)21)9-8-19-12-18(25)13-22(26)28-19;1-11-7-13-4-3-12(2)16(19(13)17(22)8-11)6-5-14(20)9-15(21)10-18(23)24;1-11-7-13-4-3-12(2)16(19(13)17(21)8-11)6-5-15-9-14(20)10-18(22)23-15/h2*6-7,10,14-16,18-21,23,25-26H,5,8-9,11-13H2,1-4H3,(H,27,28);6-7,10,14-16,18-21,23,25H,5,8-9,11-13H2,1-4H3;3-4,7,11-12,14-17,19-22H,5-6,8-10H2,1-2H3,(H,23,24);3-4,7,11-12,14-17,19-21H,5-6,8-10H2,1-2H3/p-1/t3*14-,15-,16-,18+,19+,20-,21-,23-;2*11-,12-,14+,15+,16-,17-,19-/m00000/s1. The highest BCUT2D eigenvalue weighted by molar-refractivity contribution is 5.74. The van der Waals surface area contributed by atoms with Crippen LogP contribution < -0.4 is 5.11 Å². The normalized spacial score (nSPS) is 35.4. The fourth-order valence-corrected chi connectivity index (χ4v) is 23.4. The lowest BCUT2D eigenvalue weighted by molar-refractivity contribution is -0.307. The molecule has 766 valence electrons. The van der Waals surface area contributed by atoms with E-state index in [0.29, 0.717) is 97.7 Å². The number of ether oxygens (including phenoxy) is 5. The number of aliphatic carboxylic acids is 3. The summed E-state index contributed by atoms with van der Waals surface area (Å²) in [5.41, 5.74) is 6.14. The second-order valence-corrected chi connectivity index (χ2v) is 43.1. The van der Waals surface area contributed by atoms with Crippen molar-refractivity contribution in [3.05, 3.63) is 119 Å². The van der Waals surface area contributed by atoms with Crippen LogP contribution in [0.5, 0.6) is 0 Å². The number of carboxylic acid groups (broad SMARTS) is 3. The minimum Gasteiger partial charge on any atom is -0.550 e. The first-order valence-electron chi connectivity index (χ1n) is 51.7. The molecule has 2 fully saturated rings. The molecule has 2 heterocycles. The van der Waals surface area contributed by atoms with Gasteiger partial charge in [-0.25, -0.2) is 0 Å². The lowest BCUT2D eigenvalue weighted by Crippen LogP contribution is -2.42. The number of carbonyl (C=O) groups excluding carboxylic acids is 6. The molecule has 0 spiro atoms. The van der Waals surface area contributed by atoms with Gasteiger partial charge in [0.1, 0.15) is 30.5 Å². The zero-order chi connectivity index (χ0) is 100. The molecule has 12 rings (SSSR count). The van der Waals surface area contributed by atoms with Crippen LogP contribution in [0.4, 0.5) is 0 Å². The second-order valence-electron chi connectivity index (χ2n) is 43.1. The van der Waals surface area contributed by atoms with Crippen LogP contribution >= 0.6 is 0 Å². The van der Waals surface area contributed by atoms with E-state index in [1.54, 1.807) is 0 Å². The van der Waals surface area contributed by atoms with Crippen molar-refractivity contribution in [2.75, 3.05) is 0 Å². The largest absolute Gasteiger partial charge is 0.550 e. The quantitative estimate of drug-likeness (QED) is 0.0205. The van der Waals surface area contributed by atoms with Gasteiger partial charge < -0.3 is 94.9 Å². The Morgan fingerprint density at radius 1 is 0.360 bits per heavy atom. The van der Waals surface area contributed by atoms with Gasteiger partial charge in [0.15, 0.2) is 0 Å². The third-order valence-electron chi connectivity index (χ3n) is 31.3. The highest BCUT2D eigenvalue weighted by atomic mass is 16.6. The predicted octanol–water partition coefficient (Wildman–Crippen LogP) is 15.0. The Morgan fingerprint density at radius 3 is 0.875 bits per heavy atom. The predicted molar refractivity (Wildman–Crippen MR) is 516 cm³/mol. The summed E-state index contributed by atoms with van der Waals surface area (Å²) in [6.07, 6.45) is 38.5. The van der Waals surface area contributed by atoms with Crippen molar-refractivity contribution in [1.82, 2.24) is 0 Å². The van der Waals surface area contributed by atoms with E-state index in [-0.39, 0.29) is 194 Å². The summed E-state index contributed by atoms with van der Waals surface area (Å²) < 4.78 is 28.9. The Labute approximate surface area is 809 Å². The zero-order valence-corrected chi connectivity index (χ0v) is 84.0. The molecule has 38 atom stereocenters. The van der Waals surface area contributed by atoms with Crippen molar-refractivity contribution in [1.29, 1.82) is 0 Å². The number of fused-ring (bicyclic) bond motifs is 5. The monoisotopic (exact) mass is 1910 g/mol. The van der Waals surface area contributed by atoms with Crippen LogP contribution in [0.1, 0.15) is 291 Å². The van der Waals surface area contributed by atoms with E-state index < -0.39 is 73.2 Å². The average molecular weight is 1910 g/mol. The van der Waals surface area contributed by atoms with Gasteiger partial charge in [-0.2, -0.15) is 0 Å². The minimum absolute atomic E-state index is 0.0156. The van der Waals surface area contributed by atoms with Gasteiger partial charge in [-0.3, -0.25) is 33.6 Å². The Hall–Kier alpha value is -7.24. The molecule has 0 aromatic rings. The highest BCUT2D eigenvalue weighted by Crippen LogP contribution is 2.51. The molecule has 0 amide bonds. The van der Waals surface area contributed by atoms with Crippen molar-refractivity contribution in [2.24, 2.45) is 136 Å². The van der Waals surface area contributed by atoms with Gasteiger partial charge in [-0.1, -0.05) is 202 Å². The molecular formula is C110H169O26-. The zero-order valence-electron chi connectivity index (χ0n) is 84.0. The molecule has 2 aliphatic heterocycles. The van der Waals surface area contributed by atoms with Gasteiger partial charge in [0.2, 0.25) is 0 Å². The summed E-state index contributed by atoms with van der Waals surface area (Å²) in [6, 6.07) is 0. The fourth-order valence-electron chi connectivity index (χ4n) is 23.4. The van der Waals surface area contributed by atoms with E-state index in [4.69, 9.17) is 33.9 Å². The first-order chi connectivity index (χ1) is 64.2. The van der Waals surface area contributed by atoms with Crippen LogP contribution in [0.3, 0.4) is 0 Å². The number of allylic oxidation sites excluding steroid dienone is 15. The van der Waals surface area contributed by atoms with Crippen LogP contribution in [-0.2, 0) is 62.0 Å². The SMILES string of the molecule is CC[C@H](C)C(=O)O[C@H]1C[C@@H](C)C=C2C=C[C@H](C)[C@H](CC[C@@H](O)C[C@@H](O)CC(=O)O)[C@H]21.CC[C@H](C)C(=O)O[C@H]1C[C@@H](C)C=C2C=C[C@H](C)[C@H](CC[C@@H](O)C[C@@H](O)CC(=O)[O-])[C@H]21.CC[C@H](C)C(=O)O[C@H]1C[C@@H](C)C=C2C=C[C@H](C)[C@H](CC[C@@H]3C[C@@H](O)CC(=O)O3)[C@H]21.C[C@H]1C=C2C=C[C@H](C)[C@H](CC[C@@H](O)C[C@@H](O)CC(=O)O)[C@H]2[C@@H](O)C1.C[C@H]1C=C2C=C[C@H](C)[C@H](CC[C@@H]3C[C@@H](O)CC(=O)O3)[C@H]2[C@@H](O)C1. The van der Waals surface area contributed by atoms with Gasteiger partial charge in [0, 0.05) is 54.8 Å². The molecule has 0 bridgehead atoms. The van der Waals surface area contributed by atoms with E-state index in [0.717, 1.165) is 89.9 Å². The van der Waals surface area contributed by atoms with Crippen LogP contribution in [0.15, 0.2) is 119 Å². The van der Waals surface area contributed by atoms with E-state index in [2.05, 4.69) is 160 Å². The van der Waals surface area contributed by atoms with Crippen molar-refractivity contribution < 1.29 is 128 Å². The van der Waals surface area contributed by atoms with E-state index in [9.17, 15) is 94.5 Å². The number of aliphatic hydroxyl groups is 10. The highest BCUT2D eigenvalue weighted by Gasteiger charge is 2.48. The van der Waals surface area contributed by atoms with Gasteiger partial charge in [-0.05, 0) is 251 Å². The van der Waals surface area contributed by atoms with Gasteiger partial charge in [-0.15, -0.1) is 0 Å². The molecule has 12 aliphatic rings. The molecule has 0 aromatic heterocycles. The Morgan fingerprint density at radius 2 is 0.610 bits per heavy atom. The van der Waals surface area contributed by atoms with Crippen LogP contribution in [-0.4, -0.2) is 201 Å². The molecule has 10 aliphatic carbocycles. The molecule has 0 aromatic carbocycles. The first kappa shape index (κ1) is 114. The summed E-state index contributed by atoms with van der Waals surface area (Å²) in [6.45, 7) is 33.2. The van der Waals surface area contributed by atoms with Crippen LogP contribution in [0.25, 0.3) is 0 Å². The summed E-state index contributed by atoms with van der Waals surface area (Å²) >= 11 is 0. The van der Waals surface area contributed by atoms with Crippen molar-refractivity contribution in [3.63, 3.8) is 0 Å². The van der Waals surface area contributed by atoms with Crippen LogP contribution in [0, 0.1) is 136 Å². The number of carbonyl (C=O) groups is 8. The summed E-state index contributed by atoms with van der Waals surface area (Å²) in [5.74, 6) is 0.745. The minimum atomic E-state index is -1.32. The maximum absolute atomic E-state index is 12.5. The number of hydrogen-bond donors (Lipinski definition) is 12. The number of esters is 5. The number of carboxylic acids is 3. The third kappa shape index (κ3) is 34.6. The molecule has 0 saturated carbocycles. The number of cyclic esters (lactones) is 2. The second kappa shape index (κ2) is 54.7. The molecule has 0 unspecified atom stereocenters.